The molecule has 0 fully saturated rings. The van der Waals surface area contributed by atoms with Crippen molar-refractivity contribution in [2.45, 2.75) is 39.7 Å². The Morgan fingerprint density at radius 2 is 2.00 bits per heavy atom. The molecular formula is C17H26NO+. The summed E-state index contributed by atoms with van der Waals surface area (Å²) in [6.07, 6.45) is 5.00. The number of ether oxygens (including phenoxy) is 1. The van der Waals surface area contributed by atoms with Crippen LogP contribution >= 0.6 is 0 Å². The summed E-state index contributed by atoms with van der Waals surface area (Å²) in [6.45, 7) is 9.61. The largest absolute Gasteiger partial charge is 0.372 e. The number of benzene rings is 1. The average molecular weight is 260 g/mol. The minimum atomic E-state index is 0.245. The molecule has 1 aliphatic rings. The lowest BCUT2D eigenvalue weighted by molar-refractivity contribution is -0.542. The number of nitrogens with zero attached hydrogens (tertiary/aromatic N) is 1. The van der Waals surface area contributed by atoms with Gasteiger partial charge >= 0.3 is 0 Å². The third kappa shape index (κ3) is 4.46. The van der Waals surface area contributed by atoms with Gasteiger partial charge in [-0.3, -0.25) is 0 Å². The molecule has 1 heterocycles. The van der Waals surface area contributed by atoms with Crippen LogP contribution in [0.5, 0.6) is 0 Å². The predicted molar refractivity (Wildman–Crippen MR) is 80.0 cm³/mol. The summed E-state index contributed by atoms with van der Waals surface area (Å²) in [5.74, 6) is 0. The van der Waals surface area contributed by atoms with Crippen molar-refractivity contribution in [3.05, 3.63) is 35.9 Å². The molecule has 0 amide bonds. The third-order valence-electron chi connectivity index (χ3n) is 3.66. The van der Waals surface area contributed by atoms with Gasteiger partial charge in [0.1, 0.15) is 18.9 Å². The fourth-order valence-electron chi connectivity index (χ4n) is 2.93. The second-order valence-corrected chi connectivity index (χ2v) is 6.13. The van der Waals surface area contributed by atoms with Crippen molar-refractivity contribution in [2.75, 3.05) is 19.7 Å². The monoisotopic (exact) mass is 260 g/mol. The maximum Gasteiger partial charge on any atom is 0.168 e. The molecule has 1 aromatic rings. The van der Waals surface area contributed by atoms with E-state index in [1.54, 1.807) is 0 Å². The summed E-state index contributed by atoms with van der Waals surface area (Å²) in [5.41, 5.74) is 1.65. The molecule has 104 valence electrons. The fourth-order valence-corrected chi connectivity index (χ4v) is 2.93. The molecule has 0 aliphatic carbocycles. The number of hydrogen-bond donors (Lipinski definition) is 0. The molecule has 0 N–H and O–H groups in total. The van der Waals surface area contributed by atoms with Gasteiger partial charge in [-0.25, -0.2) is 4.58 Å². The zero-order valence-electron chi connectivity index (χ0n) is 12.4. The van der Waals surface area contributed by atoms with E-state index >= 15 is 0 Å². The molecule has 0 spiro atoms. The first kappa shape index (κ1) is 14.3. The van der Waals surface area contributed by atoms with E-state index in [0.29, 0.717) is 6.10 Å². The van der Waals surface area contributed by atoms with Crippen molar-refractivity contribution in [1.82, 2.24) is 0 Å². The topological polar surface area (TPSA) is 12.2 Å². The highest BCUT2D eigenvalue weighted by molar-refractivity contribution is 5.60. The summed E-state index contributed by atoms with van der Waals surface area (Å²) >= 11 is 0. The first-order chi connectivity index (χ1) is 9.09. The molecular weight excluding hydrogens is 234 g/mol. The van der Waals surface area contributed by atoms with E-state index in [2.05, 4.69) is 61.9 Å². The lowest BCUT2D eigenvalue weighted by Crippen LogP contribution is -2.41. The van der Waals surface area contributed by atoms with E-state index in [0.717, 1.165) is 32.5 Å². The molecule has 2 nitrogen and oxygen atoms in total. The molecule has 2 rings (SSSR count). The van der Waals surface area contributed by atoms with E-state index in [-0.39, 0.29) is 5.41 Å². The Morgan fingerprint density at radius 1 is 1.26 bits per heavy atom. The summed E-state index contributed by atoms with van der Waals surface area (Å²) in [5, 5.41) is 0. The fraction of sp³-hybridized carbons (Fsp3) is 0.588. The molecule has 0 saturated carbocycles. The van der Waals surface area contributed by atoms with Crippen LogP contribution in [-0.4, -0.2) is 36.6 Å². The lowest BCUT2D eigenvalue weighted by Gasteiger charge is -2.29. The number of hydrogen-bond acceptors (Lipinski definition) is 1. The second kappa shape index (κ2) is 6.33. The summed E-state index contributed by atoms with van der Waals surface area (Å²) in [7, 11) is 0. The molecule has 0 bridgehead atoms. The third-order valence-corrected chi connectivity index (χ3v) is 3.66. The molecule has 1 aliphatic heterocycles. The van der Waals surface area contributed by atoms with Gasteiger partial charge in [0.15, 0.2) is 6.54 Å². The number of rotatable bonds is 5. The van der Waals surface area contributed by atoms with Crippen LogP contribution in [-0.2, 0) is 11.2 Å². The highest BCUT2D eigenvalue weighted by atomic mass is 16.5. The van der Waals surface area contributed by atoms with Gasteiger partial charge < -0.3 is 4.74 Å². The van der Waals surface area contributed by atoms with E-state index in [9.17, 15) is 0 Å². The van der Waals surface area contributed by atoms with Gasteiger partial charge in [0.2, 0.25) is 0 Å². The molecule has 1 unspecified atom stereocenters. The van der Waals surface area contributed by atoms with E-state index in [1.165, 1.54) is 5.56 Å². The molecule has 0 aromatic heterocycles. The summed E-state index contributed by atoms with van der Waals surface area (Å²) in [6, 6.07) is 10.7. The van der Waals surface area contributed by atoms with Crippen LogP contribution in [0, 0.1) is 5.41 Å². The van der Waals surface area contributed by atoms with Crippen LogP contribution in [0.15, 0.2) is 30.3 Å². The Labute approximate surface area is 117 Å². The first-order valence-corrected chi connectivity index (χ1v) is 7.35. The first-order valence-electron chi connectivity index (χ1n) is 7.35. The Morgan fingerprint density at radius 3 is 2.68 bits per heavy atom. The predicted octanol–water partition coefficient (Wildman–Crippen LogP) is 3.15. The van der Waals surface area contributed by atoms with E-state index in [4.69, 9.17) is 4.74 Å². The highest BCUT2D eigenvalue weighted by Crippen LogP contribution is 2.25. The lowest BCUT2D eigenvalue weighted by atomic mass is 9.85. The molecule has 2 heteroatoms. The Kier molecular flexibility index (Phi) is 4.76. The van der Waals surface area contributed by atoms with Crippen molar-refractivity contribution in [3.8, 4) is 0 Å². The normalized spacial score (nSPS) is 22.1. The highest BCUT2D eigenvalue weighted by Gasteiger charge is 2.33. The quantitative estimate of drug-likeness (QED) is 0.741. The van der Waals surface area contributed by atoms with Crippen molar-refractivity contribution >= 4 is 6.21 Å². The second-order valence-electron chi connectivity index (χ2n) is 6.13. The molecule has 1 atom stereocenters. The van der Waals surface area contributed by atoms with Crippen molar-refractivity contribution in [2.24, 2.45) is 5.41 Å². The van der Waals surface area contributed by atoms with Crippen LogP contribution in [0.3, 0.4) is 0 Å². The van der Waals surface area contributed by atoms with Crippen LogP contribution in [0.25, 0.3) is 0 Å². The maximum atomic E-state index is 5.84. The Hall–Kier alpha value is -1.15. The zero-order valence-corrected chi connectivity index (χ0v) is 12.4. The summed E-state index contributed by atoms with van der Waals surface area (Å²) < 4.78 is 8.28. The molecule has 1 aromatic carbocycles. The van der Waals surface area contributed by atoms with Gasteiger partial charge in [0, 0.05) is 18.4 Å². The smallest absolute Gasteiger partial charge is 0.168 e. The van der Waals surface area contributed by atoms with Gasteiger partial charge in [0.05, 0.1) is 0 Å². The van der Waals surface area contributed by atoms with Crippen LogP contribution in [0.1, 0.15) is 32.8 Å². The molecule has 19 heavy (non-hydrogen) atoms. The van der Waals surface area contributed by atoms with Gasteiger partial charge in [-0.2, -0.15) is 0 Å². The van der Waals surface area contributed by atoms with Gasteiger partial charge in [-0.1, -0.05) is 44.2 Å². The van der Waals surface area contributed by atoms with Crippen molar-refractivity contribution in [3.63, 3.8) is 0 Å². The SMILES string of the molecule is CCOC1C[N+](CCc2ccccc2)=CC(C)(C)C1. The van der Waals surface area contributed by atoms with Crippen molar-refractivity contribution in [1.29, 1.82) is 0 Å². The molecule has 0 radical (unpaired) electrons. The van der Waals surface area contributed by atoms with E-state index < -0.39 is 0 Å². The van der Waals surface area contributed by atoms with Crippen LogP contribution in [0.4, 0.5) is 0 Å². The van der Waals surface area contributed by atoms with Crippen LogP contribution < -0.4 is 0 Å². The average Bonchev–Trinajstić information content (AvgIpc) is 2.36. The zero-order chi connectivity index (χ0) is 13.7. The van der Waals surface area contributed by atoms with Crippen LogP contribution in [0.2, 0.25) is 0 Å². The van der Waals surface area contributed by atoms with Gasteiger partial charge in [-0.05, 0) is 18.9 Å². The van der Waals surface area contributed by atoms with E-state index in [1.807, 2.05) is 0 Å². The Balaban J connectivity index is 1.96. The maximum absolute atomic E-state index is 5.84. The van der Waals surface area contributed by atoms with Crippen molar-refractivity contribution < 1.29 is 9.31 Å². The van der Waals surface area contributed by atoms with Gasteiger partial charge in [-0.15, -0.1) is 0 Å². The summed E-state index contributed by atoms with van der Waals surface area (Å²) in [4.78, 5) is 0. The molecule has 0 saturated heterocycles. The minimum absolute atomic E-state index is 0.245. The Bertz CT molecular complexity index is 422. The minimum Gasteiger partial charge on any atom is -0.372 e. The van der Waals surface area contributed by atoms with Gasteiger partial charge in [0.25, 0.3) is 0 Å². The standard InChI is InChI=1S/C17H26NO/c1-4-19-16-12-17(2,3)14-18(13-16)11-10-15-8-6-5-7-9-15/h5-9,14,16H,4,10-13H2,1-3H3/q+1.